The van der Waals surface area contributed by atoms with E-state index >= 15 is 0 Å². The van der Waals surface area contributed by atoms with Gasteiger partial charge in [-0.05, 0) is 47.6 Å². The van der Waals surface area contributed by atoms with E-state index in [9.17, 15) is 9.50 Å². The Bertz CT molecular complexity index is 456. The maximum Gasteiger partial charge on any atom is 0.123 e. The summed E-state index contributed by atoms with van der Waals surface area (Å²) in [6, 6.07) is 5.81. The molecule has 1 aromatic rings. The minimum atomic E-state index is -0.569. The van der Waals surface area contributed by atoms with Crippen LogP contribution in [0.15, 0.2) is 24.3 Å². The van der Waals surface area contributed by atoms with Gasteiger partial charge in [0.05, 0.1) is 0 Å². The van der Waals surface area contributed by atoms with Crippen molar-refractivity contribution in [2.45, 2.75) is 33.8 Å². The molecule has 1 atom stereocenters. The van der Waals surface area contributed by atoms with Crippen LogP contribution in [0.4, 0.5) is 4.39 Å². The van der Waals surface area contributed by atoms with Crippen LogP contribution >= 0.6 is 0 Å². The number of aliphatic hydroxyl groups excluding tert-OH is 1. The van der Waals surface area contributed by atoms with E-state index in [2.05, 4.69) is 33.0 Å². The number of hydrogen-bond donors (Lipinski definition) is 2. The molecule has 1 fully saturated rings. The third-order valence-corrected chi connectivity index (χ3v) is 5.30. The smallest absolute Gasteiger partial charge is 0.123 e. The summed E-state index contributed by atoms with van der Waals surface area (Å²) in [5, 5.41) is 13.2. The molecule has 0 aliphatic heterocycles. The second kappa shape index (κ2) is 5.93. The predicted molar refractivity (Wildman–Crippen MR) is 81.8 cm³/mol. The van der Waals surface area contributed by atoms with Crippen molar-refractivity contribution in [3.63, 3.8) is 0 Å². The Kier molecular flexibility index (Phi) is 4.59. The summed E-state index contributed by atoms with van der Waals surface area (Å²) in [5.41, 5.74) is 0.713. The Morgan fingerprint density at radius 2 is 1.76 bits per heavy atom. The molecule has 0 heterocycles. The summed E-state index contributed by atoms with van der Waals surface area (Å²) < 4.78 is 18.2. The number of hydrogen-bond acceptors (Lipinski definition) is 3. The van der Waals surface area contributed by atoms with Gasteiger partial charge in [0.1, 0.15) is 24.3 Å². The Hall–Kier alpha value is -1.13. The zero-order chi connectivity index (χ0) is 15.7. The summed E-state index contributed by atoms with van der Waals surface area (Å²) in [7, 11) is 0. The van der Waals surface area contributed by atoms with Gasteiger partial charge in [0, 0.05) is 6.54 Å². The van der Waals surface area contributed by atoms with Crippen LogP contribution in [0.25, 0.3) is 0 Å². The molecule has 1 aliphatic carbocycles. The van der Waals surface area contributed by atoms with E-state index in [4.69, 9.17) is 4.74 Å². The summed E-state index contributed by atoms with van der Waals surface area (Å²) in [4.78, 5) is 0. The molecule has 2 rings (SSSR count). The molecular weight excluding hydrogens is 269 g/mol. The number of aliphatic hydroxyl groups is 1. The lowest BCUT2D eigenvalue weighted by molar-refractivity contribution is 0.106. The minimum absolute atomic E-state index is 0.204. The first-order chi connectivity index (χ1) is 9.75. The summed E-state index contributed by atoms with van der Waals surface area (Å²) in [5.74, 6) is 0.911. The molecule has 4 heteroatoms. The highest BCUT2D eigenvalue weighted by Crippen LogP contribution is 2.67. The van der Waals surface area contributed by atoms with Crippen LogP contribution in [0, 0.1) is 22.6 Å². The third-order valence-electron chi connectivity index (χ3n) is 5.30. The molecule has 0 amide bonds. The first-order valence-corrected chi connectivity index (χ1v) is 7.52. The SMILES string of the molecule is CC1(C)C(CNCC(O)COc2ccc(F)cc2)C1(C)C. The molecule has 1 saturated carbocycles. The topological polar surface area (TPSA) is 41.5 Å². The fourth-order valence-corrected chi connectivity index (χ4v) is 3.02. The Balaban J connectivity index is 1.64. The van der Waals surface area contributed by atoms with Gasteiger partial charge in [-0.3, -0.25) is 0 Å². The van der Waals surface area contributed by atoms with Gasteiger partial charge < -0.3 is 15.2 Å². The van der Waals surface area contributed by atoms with E-state index in [-0.39, 0.29) is 12.4 Å². The van der Waals surface area contributed by atoms with Gasteiger partial charge in [-0.15, -0.1) is 0 Å². The van der Waals surface area contributed by atoms with E-state index in [1.54, 1.807) is 12.1 Å². The van der Waals surface area contributed by atoms with Gasteiger partial charge in [-0.25, -0.2) is 4.39 Å². The van der Waals surface area contributed by atoms with Crippen molar-refractivity contribution in [2.75, 3.05) is 19.7 Å². The molecule has 2 N–H and O–H groups in total. The predicted octanol–water partition coefficient (Wildman–Crippen LogP) is 2.84. The van der Waals surface area contributed by atoms with Crippen LogP contribution in [0.2, 0.25) is 0 Å². The highest BCUT2D eigenvalue weighted by atomic mass is 19.1. The van der Waals surface area contributed by atoms with Crippen molar-refractivity contribution in [3.8, 4) is 5.75 Å². The van der Waals surface area contributed by atoms with Gasteiger partial charge in [0.2, 0.25) is 0 Å². The number of ether oxygens (including phenoxy) is 1. The van der Waals surface area contributed by atoms with Gasteiger partial charge >= 0.3 is 0 Å². The lowest BCUT2D eigenvalue weighted by atomic mass is 10.0. The molecule has 1 unspecified atom stereocenters. The Morgan fingerprint density at radius 3 is 2.29 bits per heavy atom. The number of benzene rings is 1. The lowest BCUT2D eigenvalue weighted by Crippen LogP contribution is -2.33. The third kappa shape index (κ3) is 3.55. The molecule has 1 aliphatic rings. The standard InChI is InChI=1S/C17H26FNO2/c1-16(2)15(17(16,3)4)10-19-9-13(20)11-21-14-7-5-12(18)6-8-14/h5-8,13,15,19-20H,9-11H2,1-4H3. The van der Waals surface area contributed by atoms with Crippen LogP contribution in [-0.2, 0) is 0 Å². The largest absolute Gasteiger partial charge is 0.491 e. The fourth-order valence-electron chi connectivity index (χ4n) is 3.02. The van der Waals surface area contributed by atoms with Crippen LogP contribution < -0.4 is 10.1 Å². The van der Waals surface area contributed by atoms with Crippen molar-refractivity contribution < 1.29 is 14.2 Å². The van der Waals surface area contributed by atoms with Crippen LogP contribution in [0.3, 0.4) is 0 Å². The molecule has 118 valence electrons. The Labute approximate surface area is 126 Å². The highest BCUT2D eigenvalue weighted by molar-refractivity contribution is 5.22. The van der Waals surface area contributed by atoms with Crippen molar-refractivity contribution >= 4 is 0 Å². The lowest BCUT2D eigenvalue weighted by Gasteiger charge is -2.13. The molecule has 1 aromatic carbocycles. The van der Waals surface area contributed by atoms with Crippen molar-refractivity contribution in [2.24, 2.45) is 16.7 Å². The molecule has 21 heavy (non-hydrogen) atoms. The average Bonchev–Trinajstić information content (AvgIpc) is 2.80. The summed E-state index contributed by atoms with van der Waals surface area (Å²) in [6.07, 6.45) is -0.569. The van der Waals surface area contributed by atoms with Gasteiger partial charge in [0.15, 0.2) is 0 Å². The van der Waals surface area contributed by atoms with Crippen LogP contribution in [0.1, 0.15) is 27.7 Å². The monoisotopic (exact) mass is 295 g/mol. The molecular formula is C17H26FNO2. The first-order valence-electron chi connectivity index (χ1n) is 7.52. The summed E-state index contributed by atoms with van der Waals surface area (Å²) in [6.45, 7) is 10.8. The average molecular weight is 295 g/mol. The molecule has 0 aromatic heterocycles. The normalized spacial score (nSPS) is 21.0. The fraction of sp³-hybridized carbons (Fsp3) is 0.647. The van der Waals surface area contributed by atoms with E-state index in [0.717, 1.165) is 6.54 Å². The van der Waals surface area contributed by atoms with Crippen LogP contribution in [0.5, 0.6) is 5.75 Å². The van der Waals surface area contributed by atoms with Gasteiger partial charge in [-0.1, -0.05) is 27.7 Å². The zero-order valence-electron chi connectivity index (χ0n) is 13.3. The number of halogens is 1. The second-order valence-electron chi connectivity index (χ2n) is 7.07. The first kappa shape index (κ1) is 16.2. The van der Waals surface area contributed by atoms with Gasteiger partial charge in [0.25, 0.3) is 0 Å². The van der Waals surface area contributed by atoms with E-state index in [1.807, 2.05) is 0 Å². The molecule has 0 bridgehead atoms. The van der Waals surface area contributed by atoms with E-state index in [0.29, 0.717) is 29.0 Å². The maximum atomic E-state index is 12.7. The zero-order valence-corrected chi connectivity index (χ0v) is 13.3. The summed E-state index contributed by atoms with van der Waals surface area (Å²) >= 11 is 0. The minimum Gasteiger partial charge on any atom is -0.491 e. The molecule has 3 nitrogen and oxygen atoms in total. The van der Waals surface area contributed by atoms with E-state index < -0.39 is 6.10 Å². The number of nitrogens with one attached hydrogen (secondary N) is 1. The quantitative estimate of drug-likeness (QED) is 0.813. The maximum absolute atomic E-state index is 12.7. The molecule has 0 radical (unpaired) electrons. The second-order valence-corrected chi connectivity index (χ2v) is 7.07. The van der Waals surface area contributed by atoms with Crippen molar-refractivity contribution in [3.05, 3.63) is 30.1 Å². The highest BCUT2D eigenvalue weighted by Gasteiger charge is 2.63. The van der Waals surface area contributed by atoms with Gasteiger partial charge in [-0.2, -0.15) is 0 Å². The molecule has 0 saturated heterocycles. The van der Waals surface area contributed by atoms with Crippen LogP contribution in [-0.4, -0.2) is 30.9 Å². The number of rotatable bonds is 7. The van der Waals surface area contributed by atoms with Crippen molar-refractivity contribution in [1.29, 1.82) is 0 Å². The van der Waals surface area contributed by atoms with Crippen molar-refractivity contribution in [1.82, 2.24) is 5.32 Å². The molecule has 0 spiro atoms. The Morgan fingerprint density at radius 1 is 1.19 bits per heavy atom. The van der Waals surface area contributed by atoms with E-state index in [1.165, 1.54) is 12.1 Å².